The summed E-state index contributed by atoms with van der Waals surface area (Å²) in [6, 6.07) is 4.32. The van der Waals surface area contributed by atoms with Crippen LogP contribution in [0.3, 0.4) is 0 Å². The summed E-state index contributed by atoms with van der Waals surface area (Å²) in [7, 11) is 0. The van der Waals surface area contributed by atoms with Gasteiger partial charge in [0.05, 0.1) is 6.54 Å². The monoisotopic (exact) mass is 247 g/mol. The number of nitrogens with one attached hydrogen (secondary N) is 1. The van der Waals surface area contributed by atoms with Crippen LogP contribution in [0.4, 0.5) is 0 Å². The maximum atomic E-state index is 5.90. The smallest absolute Gasteiger partial charge is 0.117 e. The first kappa shape index (κ1) is 12.3. The van der Waals surface area contributed by atoms with E-state index in [1.54, 1.807) is 0 Å². The zero-order valence-corrected chi connectivity index (χ0v) is 11.5. The Kier molecular flexibility index (Phi) is 3.74. The fourth-order valence-corrected chi connectivity index (χ4v) is 3.20. The molecule has 2 aliphatic rings. The van der Waals surface area contributed by atoms with Crippen molar-refractivity contribution in [3.8, 4) is 0 Å². The van der Waals surface area contributed by atoms with Crippen LogP contribution in [0, 0.1) is 11.8 Å². The molecule has 0 radical (unpaired) electrons. The molecule has 1 heterocycles. The Balaban J connectivity index is 1.41. The molecule has 0 amide bonds. The highest BCUT2D eigenvalue weighted by molar-refractivity contribution is 5.17. The molecule has 2 atom stereocenters. The maximum absolute atomic E-state index is 5.90. The molecule has 2 unspecified atom stereocenters. The molecule has 2 fully saturated rings. The van der Waals surface area contributed by atoms with Gasteiger partial charge in [0, 0.05) is 5.92 Å². The molecule has 2 heteroatoms. The van der Waals surface area contributed by atoms with Gasteiger partial charge in [0.15, 0.2) is 0 Å². The Bertz CT molecular complexity index is 378. The van der Waals surface area contributed by atoms with Gasteiger partial charge in [-0.3, -0.25) is 0 Å². The van der Waals surface area contributed by atoms with E-state index in [4.69, 9.17) is 4.42 Å². The molecule has 1 N–H and O–H groups in total. The second-order valence-electron chi connectivity index (χ2n) is 6.26. The van der Waals surface area contributed by atoms with Gasteiger partial charge in [-0.1, -0.05) is 26.2 Å². The number of furan rings is 1. The van der Waals surface area contributed by atoms with Crippen molar-refractivity contribution in [3.63, 3.8) is 0 Å². The minimum Gasteiger partial charge on any atom is -0.464 e. The Labute approximate surface area is 110 Å². The summed E-state index contributed by atoms with van der Waals surface area (Å²) in [5, 5.41) is 3.56. The first-order valence-corrected chi connectivity index (χ1v) is 7.62. The lowest BCUT2D eigenvalue weighted by atomic mass is 9.89. The van der Waals surface area contributed by atoms with Crippen LogP contribution < -0.4 is 5.32 Å². The average molecular weight is 247 g/mol. The zero-order chi connectivity index (χ0) is 12.4. The molecule has 18 heavy (non-hydrogen) atoms. The molecule has 2 saturated carbocycles. The number of rotatable bonds is 5. The van der Waals surface area contributed by atoms with Crippen molar-refractivity contribution >= 4 is 0 Å². The van der Waals surface area contributed by atoms with Gasteiger partial charge >= 0.3 is 0 Å². The van der Waals surface area contributed by atoms with Crippen LogP contribution >= 0.6 is 0 Å². The minimum absolute atomic E-state index is 0.706. The third-order valence-electron chi connectivity index (χ3n) is 4.61. The van der Waals surface area contributed by atoms with Crippen molar-refractivity contribution < 1.29 is 4.42 Å². The predicted octanol–water partition coefficient (Wildman–Crippen LogP) is 4.07. The summed E-state index contributed by atoms with van der Waals surface area (Å²) in [5.41, 5.74) is 0. The van der Waals surface area contributed by atoms with Gasteiger partial charge in [0.2, 0.25) is 0 Å². The molecule has 1 aromatic heterocycles. The summed E-state index contributed by atoms with van der Waals surface area (Å²) in [4.78, 5) is 0. The summed E-state index contributed by atoms with van der Waals surface area (Å²) in [6.07, 6.45) is 8.43. The fourth-order valence-electron chi connectivity index (χ4n) is 3.20. The average Bonchev–Trinajstić information content (AvgIpc) is 2.94. The van der Waals surface area contributed by atoms with Gasteiger partial charge in [-0.25, -0.2) is 0 Å². The standard InChI is InChI=1S/C16H25NO/c1-12-9-15(12)16-8-7-14(18-16)11-17-10-13-5-3-2-4-6-13/h7-8,12-13,15,17H,2-6,9-11H2,1H3. The van der Waals surface area contributed by atoms with Crippen molar-refractivity contribution in [2.24, 2.45) is 11.8 Å². The second kappa shape index (κ2) is 5.48. The zero-order valence-electron chi connectivity index (χ0n) is 11.5. The van der Waals surface area contributed by atoms with Gasteiger partial charge < -0.3 is 9.73 Å². The van der Waals surface area contributed by atoms with Crippen LogP contribution in [0.1, 0.15) is 62.9 Å². The number of hydrogen-bond acceptors (Lipinski definition) is 2. The SMILES string of the molecule is CC1CC1c1ccc(CNCC2CCCCC2)o1. The van der Waals surface area contributed by atoms with Gasteiger partial charge in [-0.05, 0) is 49.8 Å². The summed E-state index contributed by atoms with van der Waals surface area (Å²) in [5.74, 6) is 4.75. The largest absolute Gasteiger partial charge is 0.464 e. The van der Waals surface area contributed by atoms with Crippen molar-refractivity contribution in [1.29, 1.82) is 0 Å². The predicted molar refractivity (Wildman–Crippen MR) is 73.5 cm³/mol. The minimum atomic E-state index is 0.706. The van der Waals surface area contributed by atoms with E-state index >= 15 is 0 Å². The van der Waals surface area contributed by atoms with Crippen LogP contribution in [0.25, 0.3) is 0 Å². The van der Waals surface area contributed by atoms with E-state index < -0.39 is 0 Å². The maximum Gasteiger partial charge on any atom is 0.117 e. The normalized spacial score (nSPS) is 28.5. The van der Waals surface area contributed by atoms with E-state index in [2.05, 4.69) is 24.4 Å². The van der Waals surface area contributed by atoms with E-state index in [-0.39, 0.29) is 0 Å². The molecule has 2 nitrogen and oxygen atoms in total. The molecule has 100 valence electrons. The molecular weight excluding hydrogens is 222 g/mol. The lowest BCUT2D eigenvalue weighted by Crippen LogP contribution is -2.23. The lowest BCUT2D eigenvalue weighted by molar-refractivity contribution is 0.335. The van der Waals surface area contributed by atoms with E-state index in [1.807, 2.05) is 0 Å². The lowest BCUT2D eigenvalue weighted by Gasteiger charge is -2.21. The first-order valence-electron chi connectivity index (χ1n) is 7.62. The molecule has 0 aliphatic heterocycles. The highest BCUT2D eigenvalue weighted by Crippen LogP contribution is 2.47. The Morgan fingerprint density at radius 3 is 2.72 bits per heavy atom. The topological polar surface area (TPSA) is 25.2 Å². The van der Waals surface area contributed by atoms with Crippen LogP contribution in [0.15, 0.2) is 16.5 Å². The number of hydrogen-bond donors (Lipinski definition) is 1. The van der Waals surface area contributed by atoms with Gasteiger partial charge in [-0.2, -0.15) is 0 Å². The van der Waals surface area contributed by atoms with Gasteiger partial charge in [0.1, 0.15) is 11.5 Å². The van der Waals surface area contributed by atoms with Crippen molar-refractivity contribution in [3.05, 3.63) is 23.7 Å². The summed E-state index contributed by atoms with van der Waals surface area (Å²) < 4.78 is 5.90. The Morgan fingerprint density at radius 1 is 1.22 bits per heavy atom. The molecule has 3 rings (SSSR count). The summed E-state index contributed by atoms with van der Waals surface area (Å²) in [6.45, 7) is 4.36. The molecule has 0 saturated heterocycles. The van der Waals surface area contributed by atoms with E-state index in [1.165, 1.54) is 44.3 Å². The van der Waals surface area contributed by atoms with Gasteiger partial charge in [-0.15, -0.1) is 0 Å². The third-order valence-corrected chi connectivity index (χ3v) is 4.61. The molecule has 1 aromatic rings. The molecule has 0 bridgehead atoms. The van der Waals surface area contributed by atoms with Crippen LogP contribution in [-0.2, 0) is 6.54 Å². The van der Waals surface area contributed by atoms with Crippen molar-refractivity contribution in [1.82, 2.24) is 5.32 Å². The summed E-state index contributed by atoms with van der Waals surface area (Å²) >= 11 is 0. The van der Waals surface area contributed by atoms with Crippen LogP contribution in [0.2, 0.25) is 0 Å². The van der Waals surface area contributed by atoms with E-state index in [0.29, 0.717) is 5.92 Å². The molecule has 0 aromatic carbocycles. The second-order valence-corrected chi connectivity index (χ2v) is 6.26. The third kappa shape index (κ3) is 2.97. The van der Waals surface area contributed by atoms with Crippen molar-refractivity contribution in [2.75, 3.05) is 6.54 Å². The van der Waals surface area contributed by atoms with Crippen LogP contribution in [-0.4, -0.2) is 6.54 Å². The van der Waals surface area contributed by atoms with E-state index in [9.17, 15) is 0 Å². The highest BCUT2D eigenvalue weighted by Gasteiger charge is 2.36. The van der Waals surface area contributed by atoms with Gasteiger partial charge in [0.25, 0.3) is 0 Å². The Hall–Kier alpha value is -0.760. The van der Waals surface area contributed by atoms with Crippen LogP contribution in [0.5, 0.6) is 0 Å². The fraction of sp³-hybridized carbons (Fsp3) is 0.750. The molecular formula is C16H25NO. The molecule has 0 spiro atoms. The van der Waals surface area contributed by atoms with Crippen molar-refractivity contribution in [2.45, 2.75) is 57.9 Å². The Morgan fingerprint density at radius 2 is 2.00 bits per heavy atom. The quantitative estimate of drug-likeness (QED) is 0.848. The highest BCUT2D eigenvalue weighted by atomic mass is 16.3. The molecule has 2 aliphatic carbocycles. The van der Waals surface area contributed by atoms with E-state index in [0.717, 1.165) is 30.7 Å². The first-order chi connectivity index (χ1) is 8.83.